The van der Waals surface area contributed by atoms with Gasteiger partial charge < -0.3 is 10.1 Å². The molecule has 2 rings (SSSR count). The Kier molecular flexibility index (Phi) is 4.81. The molecule has 3 heteroatoms. The average molecular weight is 265 g/mol. The Labute approximate surface area is 115 Å². The van der Waals surface area contributed by atoms with Crippen LogP contribution in [0.25, 0.3) is 0 Å². The molecule has 1 saturated carbocycles. The Morgan fingerprint density at radius 3 is 2.68 bits per heavy atom. The van der Waals surface area contributed by atoms with E-state index in [2.05, 4.69) is 19.2 Å². The van der Waals surface area contributed by atoms with Crippen molar-refractivity contribution in [1.29, 1.82) is 0 Å². The topological polar surface area (TPSA) is 21.3 Å². The number of ether oxygens (including phenoxy) is 1. The highest BCUT2D eigenvalue weighted by molar-refractivity contribution is 5.31. The predicted octanol–water partition coefficient (Wildman–Crippen LogP) is 3.40. The van der Waals surface area contributed by atoms with Gasteiger partial charge in [-0.25, -0.2) is 4.39 Å². The smallest absolute Gasteiger partial charge is 0.168 e. The van der Waals surface area contributed by atoms with Crippen LogP contribution in [-0.2, 0) is 6.42 Å². The largest absolute Gasteiger partial charge is 0.494 e. The van der Waals surface area contributed by atoms with Crippen molar-refractivity contribution in [3.8, 4) is 5.75 Å². The SMILES string of the molecule is COc1cccc(CC(CNC2CC2)C(C)C)c1F. The molecule has 0 amide bonds. The highest BCUT2D eigenvalue weighted by Gasteiger charge is 2.24. The van der Waals surface area contributed by atoms with Crippen LogP contribution in [-0.4, -0.2) is 19.7 Å². The van der Waals surface area contributed by atoms with Gasteiger partial charge in [-0.15, -0.1) is 0 Å². The average Bonchev–Trinajstić information content (AvgIpc) is 3.20. The Hall–Kier alpha value is -1.09. The Morgan fingerprint density at radius 2 is 2.11 bits per heavy atom. The van der Waals surface area contributed by atoms with Gasteiger partial charge in [0.15, 0.2) is 11.6 Å². The van der Waals surface area contributed by atoms with Crippen molar-refractivity contribution in [2.24, 2.45) is 11.8 Å². The monoisotopic (exact) mass is 265 g/mol. The van der Waals surface area contributed by atoms with Crippen LogP contribution in [0.3, 0.4) is 0 Å². The molecule has 1 aromatic carbocycles. The van der Waals surface area contributed by atoms with Gasteiger partial charge in [0, 0.05) is 6.04 Å². The molecule has 1 N–H and O–H groups in total. The fourth-order valence-corrected chi connectivity index (χ4v) is 2.30. The van der Waals surface area contributed by atoms with E-state index in [1.165, 1.54) is 20.0 Å². The van der Waals surface area contributed by atoms with Crippen LogP contribution in [0.5, 0.6) is 5.75 Å². The van der Waals surface area contributed by atoms with Crippen molar-refractivity contribution in [3.05, 3.63) is 29.6 Å². The predicted molar refractivity (Wildman–Crippen MR) is 76.0 cm³/mol. The lowest BCUT2D eigenvalue weighted by Crippen LogP contribution is -2.29. The number of benzene rings is 1. The third-order valence-corrected chi connectivity index (χ3v) is 3.93. The van der Waals surface area contributed by atoms with Gasteiger partial charge in [0.2, 0.25) is 0 Å². The molecule has 0 saturated heterocycles. The van der Waals surface area contributed by atoms with Crippen molar-refractivity contribution in [2.45, 2.75) is 39.2 Å². The van der Waals surface area contributed by atoms with Gasteiger partial charge in [-0.05, 0) is 49.3 Å². The van der Waals surface area contributed by atoms with Gasteiger partial charge in [-0.3, -0.25) is 0 Å². The summed E-state index contributed by atoms with van der Waals surface area (Å²) in [5.74, 6) is 1.14. The highest BCUT2D eigenvalue weighted by Crippen LogP contribution is 2.26. The zero-order valence-electron chi connectivity index (χ0n) is 12.1. The minimum absolute atomic E-state index is 0.206. The lowest BCUT2D eigenvalue weighted by Gasteiger charge is -2.22. The first-order chi connectivity index (χ1) is 9.11. The van der Waals surface area contributed by atoms with Crippen molar-refractivity contribution in [3.63, 3.8) is 0 Å². The van der Waals surface area contributed by atoms with E-state index in [-0.39, 0.29) is 5.82 Å². The summed E-state index contributed by atoms with van der Waals surface area (Å²) in [5.41, 5.74) is 0.760. The number of halogens is 1. The molecule has 0 spiro atoms. The number of hydrogen-bond acceptors (Lipinski definition) is 2. The third-order valence-electron chi connectivity index (χ3n) is 3.93. The van der Waals surface area contributed by atoms with Crippen LogP contribution in [0.1, 0.15) is 32.3 Å². The molecule has 1 atom stereocenters. The molecule has 106 valence electrons. The second-order valence-electron chi connectivity index (χ2n) is 5.82. The van der Waals surface area contributed by atoms with Crippen molar-refractivity contribution in [1.82, 2.24) is 5.32 Å². The summed E-state index contributed by atoms with van der Waals surface area (Å²) >= 11 is 0. The lowest BCUT2D eigenvalue weighted by molar-refractivity contribution is 0.348. The number of hydrogen-bond donors (Lipinski definition) is 1. The van der Waals surface area contributed by atoms with Crippen LogP contribution < -0.4 is 10.1 Å². The molecule has 19 heavy (non-hydrogen) atoms. The third kappa shape index (κ3) is 3.93. The molecule has 1 unspecified atom stereocenters. The van der Waals surface area contributed by atoms with Gasteiger partial charge >= 0.3 is 0 Å². The van der Waals surface area contributed by atoms with Crippen LogP contribution in [0, 0.1) is 17.7 Å². The quantitative estimate of drug-likeness (QED) is 0.816. The van der Waals surface area contributed by atoms with Gasteiger partial charge in [-0.1, -0.05) is 26.0 Å². The first-order valence-electron chi connectivity index (χ1n) is 7.16. The molecule has 0 aromatic heterocycles. The second kappa shape index (κ2) is 6.38. The zero-order valence-corrected chi connectivity index (χ0v) is 12.1. The van der Waals surface area contributed by atoms with E-state index >= 15 is 0 Å². The molecule has 0 bridgehead atoms. The summed E-state index contributed by atoms with van der Waals surface area (Å²) in [6.07, 6.45) is 3.34. The first-order valence-corrected chi connectivity index (χ1v) is 7.16. The standard InChI is InChI=1S/C16H24FNO/c1-11(2)13(10-18-14-7-8-14)9-12-5-4-6-15(19-3)16(12)17/h4-6,11,13-14,18H,7-10H2,1-3H3. The number of methoxy groups -OCH3 is 1. The van der Waals surface area contributed by atoms with E-state index in [1.54, 1.807) is 6.07 Å². The molecule has 1 aromatic rings. The summed E-state index contributed by atoms with van der Waals surface area (Å²) in [7, 11) is 1.51. The number of nitrogens with one attached hydrogen (secondary N) is 1. The molecule has 1 aliphatic rings. The maximum Gasteiger partial charge on any atom is 0.168 e. The Balaban J connectivity index is 2.02. The van der Waals surface area contributed by atoms with E-state index in [4.69, 9.17) is 4.74 Å². The summed E-state index contributed by atoms with van der Waals surface area (Å²) in [5, 5.41) is 3.55. The van der Waals surface area contributed by atoms with Crippen molar-refractivity contribution in [2.75, 3.05) is 13.7 Å². The summed E-state index contributed by atoms with van der Waals surface area (Å²) in [6.45, 7) is 5.38. The summed E-state index contributed by atoms with van der Waals surface area (Å²) in [4.78, 5) is 0. The zero-order chi connectivity index (χ0) is 13.8. The second-order valence-corrected chi connectivity index (χ2v) is 5.82. The van der Waals surface area contributed by atoms with E-state index in [0.717, 1.165) is 18.5 Å². The summed E-state index contributed by atoms with van der Waals surface area (Å²) < 4.78 is 19.2. The molecule has 0 aliphatic heterocycles. The van der Waals surface area contributed by atoms with Crippen LogP contribution in [0.4, 0.5) is 4.39 Å². The van der Waals surface area contributed by atoms with Crippen LogP contribution in [0.15, 0.2) is 18.2 Å². The van der Waals surface area contributed by atoms with Gasteiger partial charge in [-0.2, -0.15) is 0 Å². The molecule has 0 radical (unpaired) electrons. The number of rotatable bonds is 7. The lowest BCUT2D eigenvalue weighted by atomic mass is 9.89. The van der Waals surface area contributed by atoms with Crippen LogP contribution in [0.2, 0.25) is 0 Å². The van der Waals surface area contributed by atoms with E-state index in [1.807, 2.05) is 12.1 Å². The molecular weight excluding hydrogens is 241 g/mol. The minimum Gasteiger partial charge on any atom is -0.494 e. The molecule has 0 heterocycles. The normalized spacial score (nSPS) is 16.7. The summed E-state index contributed by atoms with van der Waals surface area (Å²) in [6, 6.07) is 6.11. The van der Waals surface area contributed by atoms with Crippen molar-refractivity contribution >= 4 is 0 Å². The molecule has 1 aliphatic carbocycles. The van der Waals surface area contributed by atoms with E-state index in [0.29, 0.717) is 23.6 Å². The van der Waals surface area contributed by atoms with Gasteiger partial charge in [0.25, 0.3) is 0 Å². The molecule has 1 fully saturated rings. The van der Waals surface area contributed by atoms with Gasteiger partial charge in [0.1, 0.15) is 0 Å². The van der Waals surface area contributed by atoms with Gasteiger partial charge in [0.05, 0.1) is 7.11 Å². The highest BCUT2D eigenvalue weighted by atomic mass is 19.1. The maximum atomic E-state index is 14.2. The fourth-order valence-electron chi connectivity index (χ4n) is 2.30. The Bertz CT molecular complexity index is 415. The van der Waals surface area contributed by atoms with Crippen LogP contribution >= 0.6 is 0 Å². The van der Waals surface area contributed by atoms with E-state index < -0.39 is 0 Å². The van der Waals surface area contributed by atoms with Crippen molar-refractivity contribution < 1.29 is 9.13 Å². The molecular formula is C16H24FNO. The van der Waals surface area contributed by atoms with E-state index in [9.17, 15) is 4.39 Å². The first kappa shape index (κ1) is 14.3. The fraction of sp³-hybridized carbons (Fsp3) is 0.625. The Morgan fingerprint density at radius 1 is 1.37 bits per heavy atom. The maximum absolute atomic E-state index is 14.2. The minimum atomic E-state index is -0.206. The molecule has 2 nitrogen and oxygen atoms in total.